The van der Waals surface area contributed by atoms with Gasteiger partial charge in [-0.1, -0.05) is 29.8 Å². The molecule has 20 heavy (non-hydrogen) atoms. The van der Waals surface area contributed by atoms with Crippen molar-refractivity contribution in [2.75, 3.05) is 0 Å². The van der Waals surface area contributed by atoms with Gasteiger partial charge in [-0.25, -0.2) is 0 Å². The topological polar surface area (TPSA) is 62.2 Å². The summed E-state index contributed by atoms with van der Waals surface area (Å²) in [6.07, 6.45) is 0.515. The SMILES string of the molecule is Cc1ccc(C(O)C(=O)NCc2ccccn2)c(C)c1. The Morgan fingerprint density at radius 1 is 1.30 bits per heavy atom. The summed E-state index contributed by atoms with van der Waals surface area (Å²) < 4.78 is 0. The monoisotopic (exact) mass is 270 g/mol. The Kier molecular flexibility index (Phi) is 4.48. The van der Waals surface area contributed by atoms with Crippen LogP contribution >= 0.6 is 0 Å². The van der Waals surface area contributed by atoms with Gasteiger partial charge in [-0.2, -0.15) is 0 Å². The smallest absolute Gasteiger partial charge is 0.253 e. The molecule has 0 bridgehead atoms. The second-order valence-electron chi connectivity index (χ2n) is 4.80. The summed E-state index contributed by atoms with van der Waals surface area (Å²) >= 11 is 0. The summed E-state index contributed by atoms with van der Waals surface area (Å²) in [6, 6.07) is 11.1. The van der Waals surface area contributed by atoms with Crippen molar-refractivity contribution in [1.29, 1.82) is 0 Å². The van der Waals surface area contributed by atoms with Crippen LogP contribution in [0, 0.1) is 13.8 Å². The molecule has 4 nitrogen and oxygen atoms in total. The first-order chi connectivity index (χ1) is 9.58. The van der Waals surface area contributed by atoms with Gasteiger partial charge in [0.1, 0.15) is 0 Å². The molecule has 0 aliphatic carbocycles. The van der Waals surface area contributed by atoms with E-state index in [9.17, 15) is 9.90 Å². The molecule has 0 spiro atoms. The summed E-state index contributed by atoms with van der Waals surface area (Å²) in [4.78, 5) is 16.1. The molecule has 0 radical (unpaired) electrons. The first-order valence-electron chi connectivity index (χ1n) is 6.51. The fraction of sp³-hybridized carbons (Fsp3) is 0.250. The Morgan fingerprint density at radius 2 is 2.10 bits per heavy atom. The van der Waals surface area contributed by atoms with E-state index >= 15 is 0 Å². The standard InChI is InChI=1S/C16H18N2O2/c1-11-6-7-14(12(2)9-11)15(19)16(20)18-10-13-5-3-4-8-17-13/h3-9,15,19H,10H2,1-2H3,(H,18,20). The van der Waals surface area contributed by atoms with Crippen LogP contribution in [0.25, 0.3) is 0 Å². The van der Waals surface area contributed by atoms with Crippen molar-refractivity contribution in [2.24, 2.45) is 0 Å². The zero-order valence-corrected chi connectivity index (χ0v) is 11.6. The van der Waals surface area contributed by atoms with Crippen molar-refractivity contribution in [3.63, 3.8) is 0 Å². The van der Waals surface area contributed by atoms with Crippen LogP contribution in [0.5, 0.6) is 0 Å². The van der Waals surface area contributed by atoms with Crippen LogP contribution in [-0.4, -0.2) is 16.0 Å². The van der Waals surface area contributed by atoms with E-state index in [-0.39, 0.29) is 0 Å². The molecule has 1 unspecified atom stereocenters. The molecular formula is C16H18N2O2. The van der Waals surface area contributed by atoms with Gasteiger partial charge >= 0.3 is 0 Å². The number of benzene rings is 1. The minimum absolute atomic E-state index is 0.307. The Hall–Kier alpha value is -2.20. The van der Waals surface area contributed by atoms with E-state index in [0.717, 1.165) is 16.8 Å². The number of hydrogen-bond acceptors (Lipinski definition) is 3. The number of aryl methyl sites for hydroxylation is 2. The van der Waals surface area contributed by atoms with E-state index in [0.29, 0.717) is 12.1 Å². The first-order valence-corrected chi connectivity index (χ1v) is 6.51. The number of aliphatic hydroxyl groups excluding tert-OH is 1. The highest BCUT2D eigenvalue weighted by atomic mass is 16.3. The average Bonchev–Trinajstić information content (AvgIpc) is 2.45. The minimum atomic E-state index is -1.15. The molecule has 0 aliphatic rings. The lowest BCUT2D eigenvalue weighted by Crippen LogP contribution is -2.29. The summed E-state index contributed by atoms with van der Waals surface area (Å²) in [5, 5.41) is 12.8. The fourth-order valence-corrected chi connectivity index (χ4v) is 2.05. The highest BCUT2D eigenvalue weighted by molar-refractivity contribution is 5.82. The second-order valence-corrected chi connectivity index (χ2v) is 4.80. The molecule has 0 saturated heterocycles. The van der Waals surface area contributed by atoms with Crippen LogP contribution in [0.4, 0.5) is 0 Å². The highest BCUT2D eigenvalue weighted by Crippen LogP contribution is 2.19. The van der Waals surface area contributed by atoms with E-state index < -0.39 is 12.0 Å². The Balaban J connectivity index is 2.01. The van der Waals surface area contributed by atoms with Gasteiger partial charge in [0.2, 0.25) is 0 Å². The van der Waals surface area contributed by atoms with Gasteiger partial charge in [0.05, 0.1) is 12.2 Å². The molecule has 1 aromatic heterocycles. The van der Waals surface area contributed by atoms with Crippen molar-refractivity contribution >= 4 is 5.91 Å². The summed E-state index contributed by atoms with van der Waals surface area (Å²) in [5.41, 5.74) is 3.40. The maximum atomic E-state index is 12.0. The highest BCUT2D eigenvalue weighted by Gasteiger charge is 2.18. The van der Waals surface area contributed by atoms with Crippen molar-refractivity contribution < 1.29 is 9.90 Å². The van der Waals surface area contributed by atoms with Gasteiger partial charge in [0.15, 0.2) is 6.10 Å². The minimum Gasteiger partial charge on any atom is -0.378 e. The molecule has 0 saturated carbocycles. The van der Waals surface area contributed by atoms with Gasteiger partial charge < -0.3 is 10.4 Å². The van der Waals surface area contributed by atoms with Crippen molar-refractivity contribution in [3.05, 3.63) is 65.0 Å². The lowest BCUT2D eigenvalue weighted by molar-refractivity contribution is -0.129. The number of carbonyl (C=O) groups is 1. The van der Waals surface area contributed by atoms with E-state index in [1.54, 1.807) is 12.3 Å². The lowest BCUT2D eigenvalue weighted by Gasteiger charge is -2.14. The van der Waals surface area contributed by atoms with Crippen molar-refractivity contribution in [3.8, 4) is 0 Å². The number of hydrogen-bond donors (Lipinski definition) is 2. The van der Waals surface area contributed by atoms with Crippen molar-refractivity contribution in [1.82, 2.24) is 10.3 Å². The lowest BCUT2D eigenvalue weighted by atomic mass is 10.0. The van der Waals surface area contributed by atoms with E-state index in [4.69, 9.17) is 0 Å². The third-order valence-electron chi connectivity index (χ3n) is 3.14. The number of amides is 1. The van der Waals surface area contributed by atoms with Crippen LogP contribution in [-0.2, 0) is 11.3 Å². The van der Waals surface area contributed by atoms with Crippen LogP contribution in [0.1, 0.15) is 28.5 Å². The normalized spacial score (nSPS) is 11.9. The second kappa shape index (κ2) is 6.30. The van der Waals surface area contributed by atoms with Gasteiger partial charge in [-0.15, -0.1) is 0 Å². The third-order valence-corrected chi connectivity index (χ3v) is 3.14. The zero-order chi connectivity index (χ0) is 14.5. The molecule has 0 fully saturated rings. The zero-order valence-electron chi connectivity index (χ0n) is 11.6. The van der Waals surface area contributed by atoms with Gasteiger partial charge in [-0.05, 0) is 37.1 Å². The van der Waals surface area contributed by atoms with Crippen LogP contribution < -0.4 is 5.32 Å². The Labute approximate surface area is 118 Å². The number of aromatic nitrogens is 1. The quantitative estimate of drug-likeness (QED) is 0.893. The molecule has 2 N–H and O–H groups in total. The molecule has 1 amide bonds. The molecule has 104 valence electrons. The fourth-order valence-electron chi connectivity index (χ4n) is 2.05. The van der Waals surface area contributed by atoms with E-state index in [1.165, 1.54) is 0 Å². The van der Waals surface area contributed by atoms with Crippen LogP contribution in [0.3, 0.4) is 0 Å². The van der Waals surface area contributed by atoms with Crippen molar-refractivity contribution in [2.45, 2.75) is 26.5 Å². The van der Waals surface area contributed by atoms with Gasteiger partial charge in [0.25, 0.3) is 5.91 Å². The Morgan fingerprint density at radius 3 is 2.75 bits per heavy atom. The third kappa shape index (κ3) is 3.42. The van der Waals surface area contributed by atoms with E-state index in [2.05, 4.69) is 10.3 Å². The molecule has 4 heteroatoms. The number of carbonyl (C=O) groups excluding carboxylic acids is 1. The van der Waals surface area contributed by atoms with E-state index in [1.807, 2.05) is 44.2 Å². The molecule has 1 aromatic carbocycles. The maximum Gasteiger partial charge on any atom is 0.253 e. The predicted molar refractivity (Wildman–Crippen MR) is 77.0 cm³/mol. The summed E-state index contributed by atoms with van der Waals surface area (Å²) in [7, 11) is 0. The average molecular weight is 270 g/mol. The summed E-state index contributed by atoms with van der Waals surface area (Å²) in [5.74, 6) is -0.414. The largest absolute Gasteiger partial charge is 0.378 e. The molecular weight excluding hydrogens is 252 g/mol. The molecule has 1 heterocycles. The van der Waals surface area contributed by atoms with Gasteiger partial charge in [-0.3, -0.25) is 9.78 Å². The molecule has 1 atom stereocenters. The maximum absolute atomic E-state index is 12.0. The number of nitrogens with zero attached hydrogens (tertiary/aromatic N) is 1. The molecule has 2 aromatic rings. The number of aliphatic hydroxyl groups is 1. The van der Waals surface area contributed by atoms with Crippen LogP contribution in [0.2, 0.25) is 0 Å². The number of pyridine rings is 1. The molecule has 2 rings (SSSR count). The number of nitrogens with one attached hydrogen (secondary N) is 1. The predicted octanol–water partition coefficient (Wildman–Crippen LogP) is 2.05. The number of rotatable bonds is 4. The Bertz CT molecular complexity index is 597. The summed E-state index contributed by atoms with van der Waals surface area (Å²) in [6.45, 7) is 4.17. The molecule has 0 aliphatic heterocycles. The van der Waals surface area contributed by atoms with Gasteiger partial charge in [0, 0.05) is 6.20 Å². The van der Waals surface area contributed by atoms with Crippen LogP contribution in [0.15, 0.2) is 42.6 Å². The first kappa shape index (κ1) is 14.2.